The molecule has 5 nitrogen and oxygen atoms in total. The van der Waals surface area contributed by atoms with Gasteiger partial charge in [-0.15, -0.1) is 0 Å². The van der Waals surface area contributed by atoms with E-state index in [1.165, 1.54) is 0 Å². The number of piperidine rings is 1. The quantitative estimate of drug-likeness (QED) is 0.610. The minimum atomic E-state index is -5.08. The molecule has 1 atom stereocenters. The van der Waals surface area contributed by atoms with E-state index in [9.17, 15) is 43.9 Å². The number of sulfonamides is 1. The SMILES string of the molecule is O=C(Nc1cc(C(F)(F)F)cc(C(F)(F)F)c1)C1CCCN(S(=O)(=O)c2ccc(F)cc2)C1. The lowest BCUT2D eigenvalue weighted by Gasteiger charge is -2.31. The highest BCUT2D eigenvalue weighted by molar-refractivity contribution is 7.89. The van der Waals surface area contributed by atoms with E-state index in [1.807, 2.05) is 5.32 Å². The summed E-state index contributed by atoms with van der Waals surface area (Å²) in [5, 5.41) is 2.05. The first-order chi connectivity index (χ1) is 15.2. The number of nitrogens with zero attached hydrogens (tertiary/aromatic N) is 1. The van der Waals surface area contributed by atoms with Crippen LogP contribution in [0.5, 0.6) is 0 Å². The number of benzene rings is 2. The molecule has 2 aromatic rings. The van der Waals surface area contributed by atoms with Crippen LogP contribution in [-0.4, -0.2) is 31.7 Å². The molecule has 1 saturated heterocycles. The smallest absolute Gasteiger partial charge is 0.326 e. The Morgan fingerprint density at radius 2 is 1.48 bits per heavy atom. The first-order valence-corrected chi connectivity index (χ1v) is 11.0. The predicted molar refractivity (Wildman–Crippen MR) is 103 cm³/mol. The summed E-state index contributed by atoms with van der Waals surface area (Å²) in [6, 6.07) is 4.70. The normalized spacial score (nSPS) is 18.2. The van der Waals surface area contributed by atoms with Gasteiger partial charge in [0.05, 0.1) is 21.9 Å². The molecule has 1 unspecified atom stereocenters. The molecule has 3 rings (SSSR count). The first kappa shape index (κ1) is 25.0. The van der Waals surface area contributed by atoms with Gasteiger partial charge in [-0.05, 0) is 55.3 Å². The van der Waals surface area contributed by atoms with E-state index in [4.69, 9.17) is 0 Å². The fourth-order valence-electron chi connectivity index (χ4n) is 3.40. The lowest BCUT2D eigenvalue weighted by atomic mass is 9.98. The molecule has 1 aliphatic heterocycles. The number of anilines is 1. The lowest BCUT2D eigenvalue weighted by Crippen LogP contribution is -2.43. The molecule has 1 N–H and O–H groups in total. The Labute approximate surface area is 184 Å². The van der Waals surface area contributed by atoms with E-state index >= 15 is 0 Å². The number of rotatable bonds is 4. The molecular formula is C20H17F7N2O3S. The van der Waals surface area contributed by atoms with Crippen molar-refractivity contribution >= 4 is 21.6 Å². The van der Waals surface area contributed by atoms with Gasteiger partial charge in [0.25, 0.3) is 0 Å². The Kier molecular flexibility index (Phi) is 6.76. The van der Waals surface area contributed by atoms with Crippen LogP contribution < -0.4 is 5.32 Å². The fourth-order valence-corrected chi connectivity index (χ4v) is 4.93. The molecule has 0 saturated carbocycles. The number of carbonyl (C=O) groups excluding carboxylic acids is 1. The average Bonchev–Trinajstić information content (AvgIpc) is 2.72. The van der Waals surface area contributed by atoms with Crippen LogP contribution in [0.4, 0.5) is 36.4 Å². The van der Waals surface area contributed by atoms with Crippen molar-refractivity contribution in [3.05, 3.63) is 59.4 Å². The van der Waals surface area contributed by atoms with Crippen LogP contribution in [-0.2, 0) is 27.2 Å². The molecule has 13 heteroatoms. The van der Waals surface area contributed by atoms with Gasteiger partial charge in [-0.2, -0.15) is 30.6 Å². The molecule has 2 aromatic carbocycles. The summed E-state index contributed by atoms with van der Waals surface area (Å²) < 4.78 is 118. The molecular weight excluding hydrogens is 481 g/mol. The van der Waals surface area contributed by atoms with E-state index in [-0.39, 0.29) is 36.9 Å². The molecule has 0 aromatic heterocycles. The molecule has 1 amide bonds. The zero-order chi connectivity index (χ0) is 24.6. The summed E-state index contributed by atoms with van der Waals surface area (Å²) >= 11 is 0. The number of hydrogen-bond acceptors (Lipinski definition) is 3. The minimum Gasteiger partial charge on any atom is -0.326 e. The van der Waals surface area contributed by atoms with Gasteiger partial charge in [0, 0.05) is 18.8 Å². The summed E-state index contributed by atoms with van der Waals surface area (Å²) in [5.74, 6) is -2.58. The van der Waals surface area contributed by atoms with Gasteiger partial charge in [-0.25, -0.2) is 12.8 Å². The van der Waals surface area contributed by atoms with Gasteiger partial charge < -0.3 is 5.32 Å². The van der Waals surface area contributed by atoms with Crippen molar-refractivity contribution in [3.8, 4) is 0 Å². The molecule has 180 valence electrons. The average molecular weight is 498 g/mol. The maximum Gasteiger partial charge on any atom is 0.416 e. The maximum absolute atomic E-state index is 13.1. The second kappa shape index (κ2) is 8.93. The van der Waals surface area contributed by atoms with Crippen molar-refractivity contribution in [2.75, 3.05) is 18.4 Å². The van der Waals surface area contributed by atoms with Crippen LogP contribution in [0, 0.1) is 11.7 Å². The number of carbonyl (C=O) groups is 1. The highest BCUT2D eigenvalue weighted by atomic mass is 32.2. The van der Waals surface area contributed by atoms with Crippen molar-refractivity contribution in [2.24, 2.45) is 5.92 Å². The zero-order valence-corrected chi connectivity index (χ0v) is 17.5. The lowest BCUT2D eigenvalue weighted by molar-refractivity contribution is -0.143. The Morgan fingerprint density at radius 3 is 2.00 bits per heavy atom. The van der Waals surface area contributed by atoms with Gasteiger partial charge in [0.1, 0.15) is 5.82 Å². The minimum absolute atomic E-state index is 0.0469. The third-order valence-electron chi connectivity index (χ3n) is 5.06. The first-order valence-electron chi connectivity index (χ1n) is 9.54. The van der Waals surface area contributed by atoms with Crippen LogP contribution in [0.2, 0.25) is 0 Å². The fraction of sp³-hybridized carbons (Fsp3) is 0.350. The second-order valence-corrected chi connectivity index (χ2v) is 9.38. The Hall–Kier alpha value is -2.67. The van der Waals surface area contributed by atoms with Crippen molar-refractivity contribution in [1.82, 2.24) is 4.31 Å². The number of nitrogens with one attached hydrogen (secondary N) is 1. The van der Waals surface area contributed by atoms with Crippen molar-refractivity contribution in [2.45, 2.75) is 30.1 Å². The number of alkyl halides is 6. The largest absolute Gasteiger partial charge is 0.416 e. The van der Waals surface area contributed by atoms with Crippen LogP contribution in [0.1, 0.15) is 24.0 Å². The standard InChI is InChI=1S/C20H17F7N2O3S/c21-15-3-5-17(6-4-15)33(31,32)29-7-1-2-12(11-29)18(30)28-16-9-13(19(22,23)24)8-14(10-16)20(25,26)27/h3-6,8-10,12H,1-2,7,11H2,(H,28,30). The third kappa shape index (κ3) is 5.82. The summed E-state index contributed by atoms with van der Waals surface area (Å²) in [6.07, 6.45) is -9.75. The number of halogens is 7. The van der Waals surface area contributed by atoms with E-state index in [1.54, 1.807) is 0 Å². The van der Waals surface area contributed by atoms with Crippen molar-refractivity contribution in [3.63, 3.8) is 0 Å². The van der Waals surface area contributed by atoms with Gasteiger partial charge in [-0.3, -0.25) is 4.79 Å². The van der Waals surface area contributed by atoms with Gasteiger partial charge in [0.15, 0.2) is 0 Å². The molecule has 1 aliphatic rings. The monoisotopic (exact) mass is 498 g/mol. The second-order valence-electron chi connectivity index (χ2n) is 7.44. The number of amides is 1. The van der Waals surface area contributed by atoms with E-state index in [0.717, 1.165) is 28.6 Å². The third-order valence-corrected chi connectivity index (χ3v) is 6.94. The Morgan fingerprint density at radius 1 is 0.939 bits per heavy atom. The Bertz CT molecular complexity index is 1100. The predicted octanol–water partition coefficient (Wildman–Crippen LogP) is 4.90. The Balaban J connectivity index is 1.81. The topological polar surface area (TPSA) is 66.5 Å². The van der Waals surface area contributed by atoms with Crippen molar-refractivity contribution < 1.29 is 43.9 Å². The molecule has 0 spiro atoms. The maximum atomic E-state index is 13.1. The summed E-state index contributed by atoms with van der Waals surface area (Å²) in [7, 11) is -4.08. The molecule has 0 bridgehead atoms. The van der Waals surface area contributed by atoms with Gasteiger partial charge in [0.2, 0.25) is 15.9 Å². The van der Waals surface area contributed by atoms with Crippen LogP contribution in [0.25, 0.3) is 0 Å². The van der Waals surface area contributed by atoms with E-state index in [0.29, 0.717) is 12.1 Å². The van der Waals surface area contributed by atoms with E-state index in [2.05, 4.69) is 0 Å². The summed E-state index contributed by atoms with van der Waals surface area (Å²) in [6.45, 7) is -0.290. The molecule has 33 heavy (non-hydrogen) atoms. The van der Waals surface area contributed by atoms with Crippen LogP contribution >= 0.6 is 0 Å². The van der Waals surface area contributed by atoms with Crippen LogP contribution in [0.15, 0.2) is 47.4 Å². The van der Waals surface area contributed by atoms with Crippen LogP contribution in [0.3, 0.4) is 0 Å². The van der Waals surface area contributed by atoms with Crippen molar-refractivity contribution in [1.29, 1.82) is 0 Å². The molecule has 0 aliphatic carbocycles. The van der Waals surface area contributed by atoms with Gasteiger partial charge >= 0.3 is 12.4 Å². The molecule has 0 radical (unpaired) electrons. The molecule has 1 heterocycles. The summed E-state index contributed by atoms with van der Waals surface area (Å²) in [4.78, 5) is 12.4. The molecule has 1 fully saturated rings. The highest BCUT2D eigenvalue weighted by Gasteiger charge is 2.38. The van der Waals surface area contributed by atoms with E-state index < -0.39 is 56.8 Å². The summed E-state index contributed by atoms with van der Waals surface area (Å²) in [5.41, 5.74) is -3.88. The number of hydrogen-bond donors (Lipinski definition) is 1. The zero-order valence-electron chi connectivity index (χ0n) is 16.7. The van der Waals surface area contributed by atoms with Gasteiger partial charge in [-0.1, -0.05) is 0 Å². The highest BCUT2D eigenvalue weighted by Crippen LogP contribution is 2.37.